The van der Waals surface area contributed by atoms with Crippen molar-refractivity contribution >= 4 is 16.0 Å². The summed E-state index contributed by atoms with van der Waals surface area (Å²) >= 11 is 0. The molecule has 26 heavy (non-hydrogen) atoms. The van der Waals surface area contributed by atoms with Gasteiger partial charge in [-0.1, -0.05) is 12.1 Å². The van der Waals surface area contributed by atoms with E-state index in [-0.39, 0.29) is 36.4 Å². The fourth-order valence-electron chi connectivity index (χ4n) is 3.03. The number of rotatable bonds is 4. The van der Waals surface area contributed by atoms with Crippen LogP contribution in [0.2, 0.25) is 0 Å². The van der Waals surface area contributed by atoms with Crippen LogP contribution in [0.15, 0.2) is 47.5 Å². The van der Waals surface area contributed by atoms with Crippen LogP contribution in [0.25, 0.3) is 0 Å². The maximum atomic E-state index is 12.8. The summed E-state index contributed by atoms with van der Waals surface area (Å²) in [6, 6.07) is 8.91. The minimum absolute atomic E-state index is 0.0590. The molecule has 1 aliphatic rings. The van der Waals surface area contributed by atoms with E-state index in [4.69, 9.17) is 5.11 Å². The molecule has 0 spiro atoms. The van der Waals surface area contributed by atoms with Gasteiger partial charge in [0.25, 0.3) is 0 Å². The monoisotopic (exact) mass is 376 g/mol. The highest BCUT2D eigenvalue weighted by Gasteiger charge is 2.39. The third-order valence-corrected chi connectivity index (χ3v) is 6.55. The van der Waals surface area contributed by atoms with Gasteiger partial charge in [0.05, 0.1) is 16.2 Å². The molecule has 2 N–H and O–H groups in total. The average molecular weight is 376 g/mol. The Morgan fingerprint density at radius 2 is 1.88 bits per heavy atom. The van der Waals surface area contributed by atoms with E-state index in [2.05, 4.69) is 4.98 Å². The average Bonchev–Trinajstić information content (AvgIpc) is 2.62. The number of carboxylic acids is 1. The molecule has 2 aromatic rings. The van der Waals surface area contributed by atoms with Gasteiger partial charge in [-0.15, -0.1) is 0 Å². The smallest absolute Gasteiger partial charge is 0.335 e. The summed E-state index contributed by atoms with van der Waals surface area (Å²) in [5.41, 5.74) is 0.273. The van der Waals surface area contributed by atoms with E-state index in [1.165, 1.54) is 22.5 Å². The van der Waals surface area contributed by atoms with Crippen LogP contribution in [0.4, 0.5) is 0 Å². The molecule has 0 saturated carbocycles. The van der Waals surface area contributed by atoms with Gasteiger partial charge in [-0.25, -0.2) is 13.2 Å². The highest BCUT2D eigenvalue weighted by atomic mass is 32.2. The lowest BCUT2D eigenvalue weighted by molar-refractivity contribution is -0.0134. The van der Waals surface area contributed by atoms with Crippen LogP contribution < -0.4 is 0 Å². The normalized spacial score (nSPS) is 17.8. The van der Waals surface area contributed by atoms with Crippen molar-refractivity contribution in [1.29, 1.82) is 0 Å². The van der Waals surface area contributed by atoms with Crippen molar-refractivity contribution in [2.24, 2.45) is 0 Å². The highest BCUT2D eigenvalue weighted by molar-refractivity contribution is 7.89. The molecule has 2 heterocycles. The molecule has 0 radical (unpaired) electrons. The number of carbonyl (C=O) groups is 1. The maximum Gasteiger partial charge on any atom is 0.335 e. The van der Waals surface area contributed by atoms with E-state index < -0.39 is 21.6 Å². The lowest BCUT2D eigenvalue weighted by Crippen LogP contribution is -2.45. The van der Waals surface area contributed by atoms with E-state index in [9.17, 15) is 18.3 Å². The lowest BCUT2D eigenvalue weighted by Gasteiger charge is -2.37. The fraction of sp³-hybridized carbons (Fsp3) is 0.333. The zero-order valence-electron chi connectivity index (χ0n) is 14.3. The zero-order chi connectivity index (χ0) is 18.9. The Balaban J connectivity index is 1.79. The molecule has 1 fully saturated rings. The molecule has 138 valence electrons. The number of piperidine rings is 1. The van der Waals surface area contributed by atoms with Gasteiger partial charge in [0.15, 0.2) is 0 Å². The molecular formula is C18H20N2O5S. The Morgan fingerprint density at radius 3 is 2.46 bits per heavy atom. The summed E-state index contributed by atoms with van der Waals surface area (Å²) in [4.78, 5) is 15.3. The first-order valence-corrected chi connectivity index (χ1v) is 9.65. The number of sulfonamides is 1. The number of aromatic nitrogens is 1. The van der Waals surface area contributed by atoms with Crippen molar-refractivity contribution in [3.05, 3.63) is 59.4 Å². The first-order valence-electron chi connectivity index (χ1n) is 8.21. The second-order valence-corrected chi connectivity index (χ2v) is 8.43. The lowest BCUT2D eigenvalue weighted by atomic mass is 9.88. The van der Waals surface area contributed by atoms with Gasteiger partial charge in [-0.3, -0.25) is 4.98 Å². The standard InChI is InChI=1S/C18H20N2O5S/c1-13-5-6-16(19-12-13)18(23)7-9-20(10-8-18)26(24,25)15-4-2-3-14(11-15)17(21)22/h2-6,11-12,23H,7-10H2,1H3,(H,21,22). The van der Waals surface area contributed by atoms with Gasteiger partial charge in [0, 0.05) is 19.3 Å². The third-order valence-electron chi connectivity index (χ3n) is 4.66. The molecule has 1 aromatic carbocycles. The van der Waals surface area contributed by atoms with Gasteiger partial charge in [0.2, 0.25) is 10.0 Å². The predicted molar refractivity (Wildman–Crippen MR) is 94.3 cm³/mol. The predicted octanol–water partition coefficient (Wildman–Crippen LogP) is 1.76. The Hall–Kier alpha value is -2.29. The number of nitrogens with zero attached hydrogens (tertiary/aromatic N) is 2. The number of aromatic carboxylic acids is 1. The van der Waals surface area contributed by atoms with Gasteiger partial charge in [0.1, 0.15) is 5.60 Å². The fourth-order valence-corrected chi connectivity index (χ4v) is 4.52. The Kier molecular flexibility index (Phi) is 4.83. The van der Waals surface area contributed by atoms with Crippen LogP contribution >= 0.6 is 0 Å². The molecule has 0 unspecified atom stereocenters. The second kappa shape index (κ2) is 6.79. The summed E-state index contributed by atoms with van der Waals surface area (Å²) in [6.45, 7) is 2.17. The highest BCUT2D eigenvalue weighted by Crippen LogP contribution is 2.33. The van der Waals surface area contributed by atoms with Gasteiger partial charge < -0.3 is 10.2 Å². The van der Waals surface area contributed by atoms with Crippen molar-refractivity contribution in [3.8, 4) is 0 Å². The van der Waals surface area contributed by atoms with Crippen molar-refractivity contribution in [1.82, 2.24) is 9.29 Å². The summed E-state index contributed by atoms with van der Waals surface area (Å²) in [7, 11) is -3.82. The number of benzene rings is 1. The first kappa shape index (κ1) is 18.5. The molecule has 1 aromatic heterocycles. The molecule has 1 aliphatic heterocycles. The minimum Gasteiger partial charge on any atom is -0.478 e. The molecular weight excluding hydrogens is 356 g/mol. The minimum atomic E-state index is -3.82. The number of aliphatic hydroxyl groups is 1. The first-order chi connectivity index (χ1) is 12.2. The molecule has 0 aliphatic carbocycles. The number of hydrogen-bond acceptors (Lipinski definition) is 5. The number of pyridine rings is 1. The van der Waals surface area contributed by atoms with Crippen molar-refractivity contribution in [3.63, 3.8) is 0 Å². The molecule has 1 saturated heterocycles. The summed E-state index contributed by atoms with van der Waals surface area (Å²) in [6.07, 6.45) is 2.12. The van der Waals surface area contributed by atoms with Crippen LogP contribution in [-0.2, 0) is 15.6 Å². The van der Waals surface area contributed by atoms with E-state index in [0.717, 1.165) is 11.6 Å². The van der Waals surface area contributed by atoms with Crippen molar-refractivity contribution in [2.75, 3.05) is 13.1 Å². The van der Waals surface area contributed by atoms with Crippen LogP contribution in [0.3, 0.4) is 0 Å². The zero-order valence-corrected chi connectivity index (χ0v) is 15.1. The van der Waals surface area contributed by atoms with E-state index >= 15 is 0 Å². The number of hydrogen-bond donors (Lipinski definition) is 2. The third kappa shape index (κ3) is 3.48. The summed E-state index contributed by atoms with van der Waals surface area (Å²) in [5, 5.41) is 19.9. The van der Waals surface area contributed by atoms with Crippen molar-refractivity contribution in [2.45, 2.75) is 30.3 Å². The van der Waals surface area contributed by atoms with Gasteiger partial charge in [-0.2, -0.15) is 4.31 Å². The van der Waals surface area contributed by atoms with Crippen LogP contribution in [0, 0.1) is 6.92 Å². The molecule has 0 atom stereocenters. The van der Waals surface area contributed by atoms with Crippen molar-refractivity contribution < 1.29 is 23.4 Å². The summed E-state index contributed by atoms with van der Waals surface area (Å²) in [5.74, 6) is -1.18. The molecule has 8 heteroatoms. The number of aryl methyl sites for hydroxylation is 1. The molecule has 7 nitrogen and oxygen atoms in total. The second-order valence-electron chi connectivity index (χ2n) is 6.49. The number of carboxylic acid groups (broad SMARTS) is 1. The van der Waals surface area contributed by atoms with Crippen LogP contribution in [0.5, 0.6) is 0 Å². The van der Waals surface area contributed by atoms with Crippen LogP contribution in [0.1, 0.15) is 34.5 Å². The topological polar surface area (TPSA) is 108 Å². The SMILES string of the molecule is Cc1ccc(C2(O)CCN(S(=O)(=O)c3cccc(C(=O)O)c3)CC2)nc1. The van der Waals surface area contributed by atoms with E-state index in [1.54, 1.807) is 12.3 Å². The van der Waals surface area contributed by atoms with Gasteiger partial charge >= 0.3 is 5.97 Å². The Bertz CT molecular complexity index is 917. The summed E-state index contributed by atoms with van der Waals surface area (Å²) < 4.78 is 26.9. The quantitative estimate of drug-likeness (QED) is 0.842. The molecule has 0 amide bonds. The largest absolute Gasteiger partial charge is 0.478 e. The maximum absolute atomic E-state index is 12.8. The Morgan fingerprint density at radius 1 is 1.19 bits per heavy atom. The molecule has 3 rings (SSSR count). The van der Waals surface area contributed by atoms with Crippen LogP contribution in [-0.4, -0.2) is 47.0 Å². The van der Waals surface area contributed by atoms with Gasteiger partial charge in [-0.05, 0) is 49.6 Å². The van der Waals surface area contributed by atoms with E-state index in [1.807, 2.05) is 13.0 Å². The molecule has 0 bridgehead atoms. The van der Waals surface area contributed by atoms with E-state index in [0.29, 0.717) is 5.69 Å². The Labute approximate surface area is 152 Å².